The zero-order valence-corrected chi connectivity index (χ0v) is 10.8. The number of halogens is 2. The SMILES string of the molecule is O=C1C[C@@H](C/C(Br)=C(/Cl)c2ccccc2)O1. The van der Waals surface area contributed by atoms with Gasteiger partial charge in [-0.2, -0.15) is 0 Å². The first kappa shape index (κ1) is 11.7. The number of carbonyl (C=O) groups is 1. The molecule has 1 fully saturated rings. The van der Waals surface area contributed by atoms with Crippen LogP contribution < -0.4 is 0 Å². The van der Waals surface area contributed by atoms with Gasteiger partial charge in [-0.3, -0.25) is 4.79 Å². The molecule has 2 rings (SSSR count). The Balaban J connectivity index is 2.06. The van der Waals surface area contributed by atoms with Gasteiger partial charge < -0.3 is 4.74 Å². The number of hydrogen-bond acceptors (Lipinski definition) is 2. The molecule has 4 heteroatoms. The summed E-state index contributed by atoms with van der Waals surface area (Å²) >= 11 is 9.64. The predicted octanol–water partition coefficient (Wildman–Crippen LogP) is 3.69. The van der Waals surface area contributed by atoms with Crippen LogP contribution in [0.25, 0.3) is 5.03 Å². The normalized spacial score (nSPS) is 20.9. The second kappa shape index (κ2) is 5.02. The fourth-order valence-electron chi connectivity index (χ4n) is 1.51. The summed E-state index contributed by atoms with van der Waals surface area (Å²) in [5.74, 6) is -0.138. The van der Waals surface area contributed by atoms with E-state index >= 15 is 0 Å². The number of ether oxygens (including phenoxy) is 1. The van der Waals surface area contributed by atoms with Crippen molar-refractivity contribution in [2.75, 3.05) is 0 Å². The Hall–Kier alpha value is -0.800. The lowest BCUT2D eigenvalue weighted by molar-refractivity contribution is -0.168. The van der Waals surface area contributed by atoms with E-state index in [0.717, 1.165) is 10.0 Å². The van der Waals surface area contributed by atoms with Gasteiger partial charge in [-0.1, -0.05) is 57.9 Å². The summed E-state index contributed by atoms with van der Waals surface area (Å²) in [4.78, 5) is 10.6. The molecule has 1 aromatic rings. The van der Waals surface area contributed by atoms with E-state index in [4.69, 9.17) is 16.3 Å². The molecule has 1 saturated heterocycles. The van der Waals surface area contributed by atoms with Crippen LogP contribution in [0.2, 0.25) is 0 Å². The van der Waals surface area contributed by atoms with Gasteiger partial charge in [0.2, 0.25) is 0 Å². The zero-order chi connectivity index (χ0) is 11.5. The summed E-state index contributed by atoms with van der Waals surface area (Å²) in [6, 6.07) is 9.69. The minimum absolute atomic E-state index is 0.0284. The van der Waals surface area contributed by atoms with Gasteiger partial charge in [0, 0.05) is 10.9 Å². The number of cyclic esters (lactones) is 1. The maximum atomic E-state index is 10.6. The van der Waals surface area contributed by atoms with E-state index in [9.17, 15) is 4.79 Å². The molecule has 0 N–H and O–H groups in total. The minimum Gasteiger partial charge on any atom is -0.461 e. The molecule has 0 radical (unpaired) electrons. The van der Waals surface area contributed by atoms with E-state index in [1.165, 1.54) is 0 Å². The van der Waals surface area contributed by atoms with E-state index < -0.39 is 0 Å². The summed E-state index contributed by atoms with van der Waals surface area (Å²) in [6.07, 6.45) is 1.09. The van der Waals surface area contributed by atoms with Crippen molar-refractivity contribution in [3.63, 3.8) is 0 Å². The molecule has 16 heavy (non-hydrogen) atoms. The Morgan fingerprint density at radius 3 is 2.62 bits per heavy atom. The largest absolute Gasteiger partial charge is 0.461 e. The Kier molecular flexibility index (Phi) is 3.66. The predicted molar refractivity (Wildman–Crippen MR) is 67.3 cm³/mol. The molecule has 0 spiro atoms. The number of esters is 1. The maximum absolute atomic E-state index is 10.6. The molecule has 0 bridgehead atoms. The van der Waals surface area contributed by atoms with Crippen molar-refractivity contribution in [3.05, 3.63) is 40.4 Å². The van der Waals surface area contributed by atoms with E-state index in [1.807, 2.05) is 30.3 Å². The average Bonchev–Trinajstić information content (AvgIpc) is 2.27. The van der Waals surface area contributed by atoms with Crippen LogP contribution in [0, 0.1) is 0 Å². The lowest BCUT2D eigenvalue weighted by Gasteiger charge is -2.25. The molecule has 0 aromatic heterocycles. The van der Waals surface area contributed by atoms with Crippen molar-refractivity contribution in [2.45, 2.75) is 18.9 Å². The highest BCUT2D eigenvalue weighted by molar-refractivity contribution is 9.11. The number of hydrogen-bond donors (Lipinski definition) is 0. The second-order valence-corrected chi connectivity index (χ2v) is 4.94. The molecule has 1 atom stereocenters. The smallest absolute Gasteiger partial charge is 0.309 e. The first-order valence-electron chi connectivity index (χ1n) is 4.96. The first-order valence-corrected chi connectivity index (χ1v) is 6.13. The molecular formula is C12H10BrClO2. The van der Waals surface area contributed by atoms with Crippen LogP contribution in [0.5, 0.6) is 0 Å². The molecule has 0 unspecified atom stereocenters. The quantitative estimate of drug-likeness (QED) is 0.796. The fraction of sp³-hybridized carbons (Fsp3) is 0.250. The molecule has 1 aliphatic rings. The summed E-state index contributed by atoms with van der Waals surface area (Å²) in [6.45, 7) is 0. The first-order chi connectivity index (χ1) is 7.66. The Morgan fingerprint density at radius 2 is 2.06 bits per heavy atom. The molecule has 2 nitrogen and oxygen atoms in total. The number of rotatable bonds is 3. The number of benzene rings is 1. The third kappa shape index (κ3) is 2.66. The molecule has 0 saturated carbocycles. The molecule has 0 aliphatic carbocycles. The van der Waals surface area contributed by atoms with E-state index in [0.29, 0.717) is 17.9 Å². The molecule has 84 valence electrons. The van der Waals surface area contributed by atoms with Crippen LogP contribution in [0.4, 0.5) is 0 Å². The van der Waals surface area contributed by atoms with E-state index in [-0.39, 0.29) is 12.1 Å². The third-order valence-corrected chi connectivity index (χ3v) is 3.76. The van der Waals surface area contributed by atoms with Crippen LogP contribution in [0.3, 0.4) is 0 Å². The molecule has 1 heterocycles. The van der Waals surface area contributed by atoms with Gasteiger partial charge in [-0.05, 0) is 5.56 Å². The highest BCUT2D eigenvalue weighted by Gasteiger charge is 2.29. The van der Waals surface area contributed by atoms with Crippen LogP contribution >= 0.6 is 27.5 Å². The van der Waals surface area contributed by atoms with Gasteiger partial charge in [0.1, 0.15) is 6.10 Å². The van der Waals surface area contributed by atoms with Gasteiger partial charge in [0.25, 0.3) is 0 Å². The third-order valence-electron chi connectivity index (χ3n) is 2.36. The van der Waals surface area contributed by atoms with E-state index in [2.05, 4.69) is 15.9 Å². The average molecular weight is 302 g/mol. The van der Waals surface area contributed by atoms with Crippen molar-refractivity contribution in [1.82, 2.24) is 0 Å². The molecule has 1 aliphatic heterocycles. The minimum atomic E-state index is -0.138. The fourth-order valence-corrected chi connectivity index (χ4v) is 2.30. The Morgan fingerprint density at radius 1 is 1.44 bits per heavy atom. The van der Waals surface area contributed by atoms with Crippen molar-refractivity contribution in [2.24, 2.45) is 0 Å². The second-order valence-electron chi connectivity index (χ2n) is 3.61. The topological polar surface area (TPSA) is 26.3 Å². The van der Waals surface area contributed by atoms with E-state index in [1.54, 1.807) is 0 Å². The monoisotopic (exact) mass is 300 g/mol. The van der Waals surface area contributed by atoms with Gasteiger partial charge in [0.15, 0.2) is 0 Å². The summed E-state index contributed by atoms with van der Waals surface area (Å²) in [5, 5.41) is 0.670. The molecular weight excluding hydrogens is 291 g/mol. The van der Waals surface area contributed by atoms with Gasteiger partial charge >= 0.3 is 5.97 Å². The van der Waals surface area contributed by atoms with Crippen molar-refractivity contribution in [3.8, 4) is 0 Å². The van der Waals surface area contributed by atoms with Crippen LogP contribution in [0.15, 0.2) is 34.8 Å². The molecule has 0 amide bonds. The standard InChI is InChI=1S/C12H10BrClO2/c13-10(6-9-7-11(15)16-9)12(14)8-4-2-1-3-5-8/h1-5,9H,6-7H2/b12-10-/t9-/m1/s1. The van der Waals surface area contributed by atoms with Gasteiger partial charge in [-0.25, -0.2) is 0 Å². The zero-order valence-electron chi connectivity index (χ0n) is 8.45. The lowest BCUT2D eigenvalue weighted by Crippen LogP contribution is -2.32. The number of carbonyl (C=O) groups excluding carboxylic acids is 1. The van der Waals surface area contributed by atoms with Crippen LogP contribution in [-0.2, 0) is 9.53 Å². The summed E-state index contributed by atoms with van der Waals surface area (Å²) in [7, 11) is 0. The van der Waals surface area contributed by atoms with Crippen LogP contribution in [0.1, 0.15) is 18.4 Å². The molecule has 1 aromatic carbocycles. The summed E-state index contributed by atoms with van der Waals surface area (Å²) < 4.78 is 5.81. The van der Waals surface area contributed by atoms with Gasteiger partial charge in [0.05, 0.1) is 11.5 Å². The lowest BCUT2D eigenvalue weighted by atomic mass is 10.1. The maximum Gasteiger partial charge on any atom is 0.309 e. The van der Waals surface area contributed by atoms with Crippen molar-refractivity contribution >= 4 is 38.5 Å². The van der Waals surface area contributed by atoms with Crippen molar-refractivity contribution < 1.29 is 9.53 Å². The van der Waals surface area contributed by atoms with Gasteiger partial charge in [-0.15, -0.1) is 0 Å². The Labute approximate surface area is 107 Å². The summed E-state index contributed by atoms with van der Waals surface area (Å²) in [5.41, 5.74) is 0.960. The highest BCUT2D eigenvalue weighted by atomic mass is 79.9. The van der Waals surface area contributed by atoms with Crippen LogP contribution in [-0.4, -0.2) is 12.1 Å². The van der Waals surface area contributed by atoms with Crippen molar-refractivity contribution in [1.29, 1.82) is 0 Å². The Bertz CT molecular complexity index is 420. The highest BCUT2D eigenvalue weighted by Crippen LogP contribution is 2.32.